The van der Waals surface area contributed by atoms with Crippen LogP contribution in [-0.4, -0.2) is 42.4 Å². The second kappa shape index (κ2) is 7.40. The minimum atomic E-state index is -0.839. The van der Waals surface area contributed by atoms with Gasteiger partial charge in [-0.15, -0.1) is 0 Å². The van der Waals surface area contributed by atoms with Crippen LogP contribution in [0.2, 0.25) is 0 Å². The highest BCUT2D eigenvalue weighted by Crippen LogP contribution is 2.44. The Balaban J connectivity index is 1.37. The molecule has 27 heavy (non-hydrogen) atoms. The van der Waals surface area contributed by atoms with Crippen molar-refractivity contribution in [1.82, 2.24) is 10.6 Å². The van der Waals surface area contributed by atoms with Crippen LogP contribution in [0.5, 0.6) is 0 Å². The van der Waals surface area contributed by atoms with Gasteiger partial charge in [-0.3, -0.25) is 4.79 Å². The molecule has 3 N–H and O–H groups in total. The molecule has 0 spiro atoms. The maximum Gasteiger partial charge on any atom is 0.407 e. The van der Waals surface area contributed by atoms with Crippen LogP contribution in [0.3, 0.4) is 0 Å². The van der Waals surface area contributed by atoms with Gasteiger partial charge in [0.05, 0.1) is 6.42 Å². The molecule has 140 valence electrons. The van der Waals surface area contributed by atoms with E-state index in [9.17, 15) is 9.59 Å². The molecular formula is C21H22N2O4. The van der Waals surface area contributed by atoms with Gasteiger partial charge in [-0.1, -0.05) is 48.5 Å². The van der Waals surface area contributed by atoms with Gasteiger partial charge in [0.15, 0.2) is 0 Å². The van der Waals surface area contributed by atoms with Crippen LogP contribution in [0.15, 0.2) is 48.5 Å². The number of amides is 1. The molecular weight excluding hydrogens is 344 g/mol. The summed E-state index contributed by atoms with van der Waals surface area (Å²) < 4.78 is 5.52. The maximum absolute atomic E-state index is 12.2. The topological polar surface area (TPSA) is 87.7 Å². The molecule has 0 bridgehead atoms. The van der Waals surface area contributed by atoms with Gasteiger partial charge in [-0.2, -0.15) is 0 Å². The van der Waals surface area contributed by atoms with Crippen LogP contribution >= 0.6 is 0 Å². The second-order valence-corrected chi connectivity index (χ2v) is 7.11. The molecule has 6 nitrogen and oxygen atoms in total. The van der Waals surface area contributed by atoms with Gasteiger partial charge in [0, 0.05) is 24.5 Å². The van der Waals surface area contributed by atoms with Crippen molar-refractivity contribution in [3.05, 3.63) is 59.7 Å². The first-order chi connectivity index (χ1) is 13.1. The molecule has 1 aliphatic carbocycles. The third-order valence-corrected chi connectivity index (χ3v) is 5.31. The Labute approximate surface area is 157 Å². The Morgan fingerprint density at radius 3 is 2.33 bits per heavy atom. The van der Waals surface area contributed by atoms with Crippen LogP contribution in [0.4, 0.5) is 4.79 Å². The molecule has 1 heterocycles. The van der Waals surface area contributed by atoms with Crippen molar-refractivity contribution in [2.45, 2.75) is 30.8 Å². The average molecular weight is 366 g/mol. The summed E-state index contributed by atoms with van der Waals surface area (Å²) in [7, 11) is 0. The van der Waals surface area contributed by atoms with E-state index < -0.39 is 12.1 Å². The molecule has 2 aromatic carbocycles. The van der Waals surface area contributed by atoms with Crippen molar-refractivity contribution in [3.63, 3.8) is 0 Å². The normalized spacial score (nSPS) is 20.7. The Morgan fingerprint density at radius 2 is 1.70 bits per heavy atom. The largest absolute Gasteiger partial charge is 0.481 e. The number of carboxylic acids is 1. The van der Waals surface area contributed by atoms with Crippen molar-refractivity contribution in [1.29, 1.82) is 0 Å². The molecule has 0 saturated carbocycles. The lowest BCUT2D eigenvalue weighted by Gasteiger charge is -2.16. The predicted octanol–water partition coefficient (Wildman–Crippen LogP) is 2.73. The van der Waals surface area contributed by atoms with E-state index in [2.05, 4.69) is 34.9 Å². The molecule has 6 heteroatoms. The highest BCUT2D eigenvalue weighted by molar-refractivity contribution is 5.79. The third-order valence-electron chi connectivity index (χ3n) is 5.31. The van der Waals surface area contributed by atoms with Gasteiger partial charge < -0.3 is 20.5 Å². The van der Waals surface area contributed by atoms with Gasteiger partial charge in [0.25, 0.3) is 0 Å². The zero-order valence-electron chi connectivity index (χ0n) is 14.9. The Kier molecular flexibility index (Phi) is 4.81. The molecule has 0 radical (unpaired) electrons. The Morgan fingerprint density at radius 1 is 1.07 bits per heavy atom. The fourth-order valence-electron chi connectivity index (χ4n) is 4.10. The van der Waals surface area contributed by atoms with E-state index in [1.54, 1.807) is 0 Å². The number of nitrogens with one attached hydrogen (secondary N) is 2. The SMILES string of the molecule is O=C(O)C[C@@H]1C[C@@H](NC(=O)OCC2c3ccccc3-c3ccccc32)CN1. The molecule has 1 fully saturated rings. The minimum Gasteiger partial charge on any atom is -0.481 e. The molecule has 1 aliphatic heterocycles. The molecule has 0 unspecified atom stereocenters. The number of hydrogen-bond donors (Lipinski definition) is 3. The summed E-state index contributed by atoms with van der Waals surface area (Å²) in [6.07, 6.45) is 0.193. The van der Waals surface area contributed by atoms with Crippen molar-refractivity contribution in [3.8, 4) is 11.1 Å². The maximum atomic E-state index is 12.2. The lowest BCUT2D eigenvalue weighted by Crippen LogP contribution is -2.37. The van der Waals surface area contributed by atoms with Gasteiger partial charge in [0.2, 0.25) is 0 Å². The fourth-order valence-corrected chi connectivity index (χ4v) is 4.10. The second-order valence-electron chi connectivity index (χ2n) is 7.11. The Hall–Kier alpha value is -2.86. The van der Waals surface area contributed by atoms with Crippen molar-refractivity contribution in [2.75, 3.05) is 13.2 Å². The number of carboxylic acid groups (broad SMARTS) is 1. The average Bonchev–Trinajstić information content (AvgIpc) is 3.21. The molecule has 0 aromatic heterocycles. The summed E-state index contributed by atoms with van der Waals surface area (Å²) in [5.41, 5.74) is 4.74. The number of carbonyl (C=O) groups is 2. The molecule has 2 aliphatic rings. The van der Waals surface area contributed by atoms with Gasteiger partial charge in [-0.05, 0) is 28.7 Å². The lowest BCUT2D eigenvalue weighted by molar-refractivity contribution is -0.137. The molecule has 1 saturated heterocycles. The van der Waals surface area contributed by atoms with Crippen LogP contribution in [0.25, 0.3) is 11.1 Å². The first kappa shape index (κ1) is 17.5. The van der Waals surface area contributed by atoms with E-state index in [1.807, 2.05) is 24.3 Å². The Bertz CT molecular complexity index is 821. The zero-order chi connectivity index (χ0) is 18.8. The number of alkyl carbamates (subject to hydrolysis) is 1. The van der Waals surface area contributed by atoms with Crippen LogP contribution in [0.1, 0.15) is 29.9 Å². The van der Waals surface area contributed by atoms with Gasteiger partial charge in [-0.25, -0.2) is 4.79 Å². The third kappa shape index (κ3) is 3.66. The number of carbonyl (C=O) groups excluding carboxylic acids is 1. The lowest BCUT2D eigenvalue weighted by atomic mass is 9.98. The summed E-state index contributed by atoms with van der Waals surface area (Å²) in [4.78, 5) is 23.0. The van der Waals surface area contributed by atoms with Crippen molar-refractivity contribution < 1.29 is 19.4 Å². The standard InChI is InChI=1S/C21H22N2O4/c24-20(25)10-13-9-14(11-22-13)23-21(26)27-12-19-17-7-3-1-5-15(17)16-6-2-4-8-18(16)19/h1-8,13-14,19,22H,9-12H2,(H,23,26)(H,24,25)/t13-,14+/m0/s1. The molecule has 2 atom stereocenters. The zero-order valence-corrected chi connectivity index (χ0v) is 14.9. The van der Waals surface area contributed by atoms with Gasteiger partial charge in [0.1, 0.15) is 6.61 Å². The van der Waals surface area contributed by atoms with E-state index in [1.165, 1.54) is 22.3 Å². The summed E-state index contributed by atoms with van der Waals surface area (Å²) in [5.74, 6) is -0.807. The van der Waals surface area contributed by atoms with Crippen molar-refractivity contribution >= 4 is 12.1 Å². The van der Waals surface area contributed by atoms with Crippen LogP contribution < -0.4 is 10.6 Å². The van der Waals surface area contributed by atoms with E-state index in [4.69, 9.17) is 9.84 Å². The van der Waals surface area contributed by atoms with Crippen LogP contribution in [-0.2, 0) is 9.53 Å². The summed E-state index contributed by atoms with van der Waals surface area (Å²) >= 11 is 0. The number of benzene rings is 2. The summed E-state index contributed by atoms with van der Waals surface area (Å²) in [6.45, 7) is 0.834. The highest BCUT2D eigenvalue weighted by Gasteiger charge is 2.30. The van der Waals surface area contributed by atoms with E-state index in [0.717, 1.165) is 0 Å². The summed E-state index contributed by atoms with van der Waals surface area (Å²) in [5, 5.41) is 14.8. The van der Waals surface area contributed by atoms with Crippen LogP contribution in [0, 0.1) is 0 Å². The first-order valence-corrected chi connectivity index (χ1v) is 9.18. The van der Waals surface area contributed by atoms with E-state index >= 15 is 0 Å². The van der Waals surface area contributed by atoms with E-state index in [0.29, 0.717) is 13.0 Å². The smallest absolute Gasteiger partial charge is 0.407 e. The number of rotatable bonds is 5. The fraction of sp³-hybridized carbons (Fsp3) is 0.333. The molecule has 4 rings (SSSR count). The molecule has 1 amide bonds. The molecule has 2 aromatic rings. The van der Waals surface area contributed by atoms with E-state index in [-0.39, 0.29) is 31.0 Å². The number of fused-ring (bicyclic) bond motifs is 3. The summed E-state index contributed by atoms with van der Waals surface area (Å²) in [6, 6.07) is 16.2. The monoisotopic (exact) mass is 366 g/mol. The number of ether oxygens (including phenoxy) is 1. The first-order valence-electron chi connectivity index (χ1n) is 9.18. The van der Waals surface area contributed by atoms with Crippen molar-refractivity contribution in [2.24, 2.45) is 0 Å². The van der Waals surface area contributed by atoms with Gasteiger partial charge >= 0.3 is 12.1 Å². The quantitative estimate of drug-likeness (QED) is 0.757. The highest BCUT2D eigenvalue weighted by atomic mass is 16.5. The minimum absolute atomic E-state index is 0.0320. The number of aliphatic carboxylic acids is 1. The predicted molar refractivity (Wildman–Crippen MR) is 101 cm³/mol. The number of hydrogen-bond acceptors (Lipinski definition) is 4.